The van der Waals surface area contributed by atoms with Crippen LogP contribution in [0.15, 0.2) is 0 Å². The minimum atomic E-state index is -0.632. The van der Waals surface area contributed by atoms with Gasteiger partial charge in [0.25, 0.3) is 0 Å². The second kappa shape index (κ2) is 3.89. The molecule has 0 amide bonds. The largest absolute Gasteiger partial charge is 0.481 e. The zero-order chi connectivity index (χ0) is 10.9. The summed E-state index contributed by atoms with van der Waals surface area (Å²) in [5, 5.41) is 8.99. The summed E-state index contributed by atoms with van der Waals surface area (Å²) < 4.78 is 0. The average Bonchev–Trinajstić information content (AvgIpc) is 2.02. The van der Waals surface area contributed by atoms with Crippen LogP contribution in [-0.2, 0) is 4.79 Å². The highest BCUT2D eigenvalue weighted by atomic mass is 16.4. The topological polar surface area (TPSA) is 40.5 Å². The van der Waals surface area contributed by atoms with Gasteiger partial charge in [-0.25, -0.2) is 0 Å². The molecular weight excluding hydrogens is 178 g/mol. The van der Waals surface area contributed by atoms with E-state index in [1.54, 1.807) is 0 Å². The highest BCUT2D eigenvalue weighted by Gasteiger charge is 2.36. The monoisotopic (exact) mass is 199 g/mol. The van der Waals surface area contributed by atoms with E-state index in [0.717, 1.165) is 19.4 Å². The summed E-state index contributed by atoms with van der Waals surface area (Å²) >= 11 is 0. The van der Waals surface area contributed by atoms with Crippen LogP contribution in [0.4, 0.5) is 0 Å². The number of nitrogens with zero attached hydrogens (tertiary/aromatic N) is 1. The third-order valence-electron chi connectivity index (χ3n) is 3.22. The molecule has 2 atom stereocenters. The van der Waals surface area contributed by atoms with E-state index in [0.29, 0.717) is 6.04 Å². The molecule has 1 rings (SSSR count). The Balaban J connectivity index is 2.69. The van der Waals surface area contributed by atoms with E-state index < -0.39 is 5.97 Å². The molecule has 0 spiro atoms. The summed E-state index contributed by atoms with van der Waals surface area (Å²) in [6, 6.07) is 0.386. The van der Waals surface area contributed by atoms with Gasteiger partial charge in [0.1, 0.15) is 0 Å². The predicted octanol–water partition coefficient (Wildman–Crippen LogP) is 1.83. The fourth-order valence-corrected chi connectivity index (χ4v) is 2.32. The van der Waals surface area contributed by atoms with Crippen LogP contribution in [0.3, 0.4) is 0 Å². The van der Waals surface area contributed by atoms with Crippen molar-refractivity contribution in [1.29, 1.82) is 0 Å². The predicted molar refractivity (Wildman–Crippen MR) is 56.2 cm³/mol. The molecule has 0 bridgehead atoms. The number of hydrogen-bond acceptors (Lipinski definition) is 2. The standard InChI is InChI=1S/C11H21NO2/c1-11(2,3)9-7-8(10(13)14)5-6-12(9)4/h8-9H,5-7H2,1-4H3,(H,13,14). The Bertz CT molecular complexity index is 220. The Labute approximate surface area is 86.1 Å². The number of rotatable bonds is 1. The van der Waals surface area contributed by atoms with Crippen LogP contribution in [0, 0.1) is 11.3 Å². The third-order valence-corrected chi connectivity index (χ3v) is 3.22. The number of carboxylic acids is 1. The molecule has 1 aliphatic heterocycles. The smallest absolute Gasteiger partial charge is 0.306 e. The Morgan fingerprint density at radius 3 is 2.43 bits per heavy atom. The van der Waals surface area contributed by atoms with Crippen molar-refractivity contribution in [3.8, 4) is 0 Å². The molecule has 0 radical (unpaired) electrons. The SMILES string of the molecule is CN1CCC(C(=O)O)CC1C(C)(C)C. The first-order chi connectivity index (χ1) is 6.32. The summed E-state index contributed by atoms with van der Waals surface area (Å²) in [5.41, 5.74) is 0.170. The van der Waals surface area contributed by atoms with E-state index in [1.807, 2.05) is 0 Å². The van der Waals surface area contributed by atoms with Gasteiger partial charge in [0.2, 0.25) is 0 Å². The van der Waals surface area contributed by atoms with Crippen LogP contribution in [-0.4, -0.2) is 35.6 Å². The maximum absolute atomic E-state index is 10.9. The molecule has 0 aromatic carbocycles. The minimum Gasteiger partial charge on any atom is -0.481 e. The molecule has 0 saturated carbocycles. The van der Waals surface area contributed by atoms with E-state index in [2.05, 4.69) is 32.7 Å². The van der Waals surface area contributed by atoms with Crippen LogP contribution in [0.1, 0.15) is 33.6 Å². The maximum atomic E-state index is 10.9. The number of carboxylic acid groups (broad SMARTS) is 1. The summed E-state index contributed by atoms with van der Waals surface area (Å²) in [4.78, 5) is 13.2. The van der Waals surface area contributed by atoms with E-state index >= 15 is 0 Å². The molecule has 2 unspecified atom stereocenters. The fourth-order valence-electron chi connectivity index (χ4n) is 2.32. The highest BCUT2D eigenvalue weighted by Crippen LogP contribution is 2.33. The first-order valence-corrected chi connectivity index (χ1v) is 5.25. The fraction of sp³-hybridized carbons (Fsp3) is 0.909. The summed E-state index contributed by atoms with van der Waals surface area (Å²) in [6.45, 7) is 7.44. The molecule has 3 heteroatoms. The Kier molecular flexibility index (Phi) is 3.20. The minimum absolute atomic E-state index is 0.143. The molecule has 0 aromatic heterocycles. The van der Waals surface area contributed by atoms with Crippen LogP contribution in [0.2, 0.25) is 0 Å². The van der Waals surface area contributed by atoms with Gasteiger partial charge in [-0.1, -0.05) is 20.8 Å². The number of likely N-dealkylation sites (tertiary alicyclic amines) is 1. The van der Waals surface area contributed by atoms with Crippen LogP contribution in [0.5, 0.6) is 0 Å². The number of piperidine rings is 1. The van der Waals surface area contributed by atoms with Crippen LogP contribution >= 0.6 is 0 Å². The zero-order valence-corrected chi connectivity index (χ0v) is 9.58. The first-order valence-electron chi connectivity index (χ1n) is 5.25. The molecular formula is C11H21NO2. The molecule has 1 saturated heterocycles. The van der Waals surface area contributed by atoms with Gasteiger partial charge in [0, 0.05) is 6.04 Å². The maximum Gasteiger partial charge on any atom is 0.306 e. The lowest BCUT2D eigenvalue weighted by molar-refractivity contribution is -0.144. The number of hydrogen-bond donors (Lipinski definition) is 1. The Morgan fingerprint density at radius 1 is 1.43 bits per heavy atom. The first kappa shape index (κ1) is 11.5. The van der Waals surface area contributed by atoms with E-state index in [4.69, 9.17) is 5.11 Å². The van der Waals surface area contributed by atoms with E-state index in [-0.39, 0.29) is 11.3 Å². The molecule has 0 aliphatic carbocycles. The van der Waals surface area contributed by atoms with Gasteiger partial charge in [-0.05, 0) is 31.8 Å². The van der Waals surface area contributed by atoms with Crippen molar-refractivity contribution in [2.45, 2.75) is 39.7 Å². The third kappa shape index (κ3) is 2.47. The second-order valence-corrected chi connectivity index (χ2v) is 5.42. The Morgan fingerprint density at radius 2 is 2.00 bits per heavy atom. The van der Waals surface area contributed by atoms with Crippen molar-refractivity contribution < 1.29 is 9.90 Å². The highest BCUT2D eigenvalue weighted by molar-refractivity contribution is 5.70. The zero-order valence-electron chi connectivity index (χ0n) is 9.58. The molecule has 3 nitrogen and oxygen atoms in total. The quantitative estimate of drug-likeness (QED) is 0.700. The molecule has 1 heterocycles. The molecule has 0 aromatic rings. The number of aliphatic carboxylic acids is 1. The van der Waals surface area contributed by atoms with Crippen molar-refractivity contribution in [2.75, 3.05) is 13.6 Å². The second-order valence-electron chi connectivity index (χ2n) is 5.42. The van der Waals surface area contributed by atoms with Gasteiger partial charge in [0.05, 0.1) is 5.92 Å². The average molecular weight is 199 g/mol. The van der Waals surface area contributed by atoms with Gasteiger partial charge in [-0.2, -0.15) is 0 Å². The molecule has 1 aliphatic rings. The van der Waals surface area contributed by atoms with Gasteiger partial charge < -0.3 is 10.0 Å². The van der Waals surface area contributed by atoms with Gasteiger partial charge in [0.15, 0.2) is 0 Å². The van der Waals surface area contributed by atoms with Gasteiger partial charge in [-0.15, -0.1) is 0 Å². The van der Waals surface area contributed by atoms with Crippen molar-refractivity contribution >= 4 is 5.97 Å². The van der Waals surface area contributed by atoms with Crippen molar-refractivity contribution in [3.05, 3.63) is 0 Å². The lowest BCUT2D eigenvalue weighted by Crippen LogP contribution is -2.48. The van der Waals surface area contributed by atoms with Gasteiger partial charge >= 0.3 is 5.97 Å². The van der Waals surface area contributed by atoms with Crippen molar-refractivity contribution in [1.82, 2.24) is 4.90 Å². The van der Waals surface area contributed by atoms with Crippen LogP contribution in [0.25, 0.3) is 0 Å². The molecule has 82 valence electrons. The summed E-state index contributed by atoms with van der Waals surface area (Å²) in [5.74, 6) is -0.775. The van der Waals surface area contributed by atoms with Crippen LogP contribution < -0.4 is 0 Å². The van der Waals surface area contributed by atoms with Crippen molar-refractivity contribution in [2.24, 2.45) is 11.3 Å². The summed E-state index contributed by atoms with van der Waals surface area (Å²) in [6.07, 6.45) is 1.58. The summed E-state index contributed by atoms with van der Waals surface area (Å²) in [7, 11) is 2.09. The molecule has 14 heavy (non-hydrogen) atoms. The lowest BCUT2D eigenvalue weighted by Gasteiger charge is -2.43. The van der Waals surface area contributed by atoms with E-state index in [1.165, 1.54) is 0 Å². The normalized spacial score (nSPS) is 30.3. The number of carbonyl (C=O) groups is 1. The molecule has 1 N–H and O–H groups in total. The van der Waals surface area contributed by atoms with E-state index in [9.17, 15) is 4.79 Å². The van der Waals surface area contributed by atoms with Crippen molar-refractivity contribution in [3.63, 3.8) is 0 Å². The van der Waals surface area contributed by atoms with Gasteiger partial charge in [-0.3, -0.25) is 4.79 Å². The molecule has 1 fully saturated rings. The Hall–Kier alpha value is -0.570. The lowest BCUT2D eigenvalue weighted by atomic mass is 9.77.